The topological polar surface area (TPSA) is 74.3 Å². The second-order valence-electron chi connectivity index (χ2n) is 5.91. The Morgan fingerprint density at radius 3 is 2.84 bits per heavy atom. The summed E-state index contributed by atoms with van der Waals surface area (Å²) < 4.78 is 0. The molecule has 1 aromatic heterocycles. The number of nitrogens with one attached hydrogen (secondary N) is 2. The van der Waals surface area contributed by atoms with Gasteiger partial charge in [0.1, 0.15) is 11.0 Å². The number of amides is 3. The van der Waals surface area contributed by atoms with Crippen molar-refractivity contribution < 1.29 is 9.59 Å². The first kappa shape index (κ1) is 17.4. The van der Waals surface area contributed by atoms with Gasteiger partial charge in [-0.3, -0.25) is 4.79 Å². The standard InChI is InChI=1S/C18H22N4O2S/c1-2-19-18(24)22-10-6-9-15(22)16(23)20-11-14-12-25-17(21-14)13-7-4-3-5-8-13/h3-5,7-8,12,15H,2,6,9-11H2,1H3,(H,19,24)(H,20,23). The normalized spacial score (nSPS) is 16.7. The Hall–Kier alpha value is -2.41. The Labute approximate surface area is 151 Å². The van der Waals surface area contributed by atoms with Crippen molar-refractivity contribution in [2.45, 2.75) is 32.4 Å². The first-order valence-corrected chi connectivity index (χ1v) is 9.39. The number of carbonyl (C=O) groups is 2. The summed E-state index contributed by atoms with van der Waals surface area (Å²) in [4.78, 5) is 30.7. The molecule has 6 nitrogen and oxygen atoms in total. The van der Waals surface area contributed by atoms with Crippen LogP contribution in [0, 0.1) is 0 Å². The van der Waals surface area contributed by atoms with Crippen molar-refractivity contribution in [3.8, 4) is 10.6 Å². The van der Waals surface area contributed by atoms with E-state index in [1.165, 1.54) is 0 Å². The van der Waals surface area contributed by atoms with Crippen molar-refractivity contribution in [1.82, 2.24) is 20.5 Å². The molecule has 0 aliphatic carbocycles. The van der Waals surface area contributed by atoms with E-state index >= 15 is 0 Å². The van der Waals surface area contributed by atoms with E-state index in [1.807, 2.05) is 42.6 Å². The fourth-order valence-electron chi connectivity index (χ4n) is 2.93. The highest BCUT2D eigenvalue weighted by Gasteiger charge is 2.33. The van der Waals surface area contributed by atoms with Crippen molar-refractivity contribution in [2.75, 3.05) is 13.1 Å². The lowest BCUT2D eigenvalue weighted by molar-refractivity contribution is -0.124. The minimum atomic E-state index is -0.390. The smallest absolute Gasteiger partial charge is 0.318 e. The lowest BCUT2D eigenvalue weighted by Crippen LogP contribution is -2.49. The zero-order valence-corrected chi connectivity index (χ0v) is 15.0. The third-order valence-electron chi connectivity index (χ3n) is 4.16. The molecule has 1 saturated heterocycles. The predicted octanol–water partition coefficient (Wildman–Crippen LogP) is 2.62. The molecule has 3 rings (SSSR count). The van der Waals surface area contributed by atoms with Gasteiger partial charge in [0.15, 0.2) is 0 Å². The first-order chi connectivity index (χ1) is 12.2. The summed E-state index contributed by atoms with van der Waals surface area (Å²) in [6, 6.07) is 9.41. The molecule has 2 heterocycles. The van der Waals surface area contributed by atoms with Gasteiger partial charge >= 0.3 is 6.03 Å². The molecule has 7 heteroatoms. The lowest BCUT2D eigenvalue weighted by atomic mass is 10.2. The molecule has 0 radical (unpaired) electrons. The highest BCUT2D eigenvalue weighted by molar-refractivity contribution is 7.13. The maximum atomic E-state index is 12.5. The second-order valence-corrected chi connectivity index (χ2v) is 6.77. The summed E-state index contributed by atoms with van der Waals surface area (Å²) in [5.74, 6) is -0.113. The molecular formula is C18H22N4O2S. The molecule has 132 valence electrons. The van der Waals surface area contributed by atoms with E-state index in [0.717, 1.165) is 22.7 Å². The number of nitrogens with zero attached hydrogens (tertiary/aromatic N) is 2. The number of hydrogen-bond acceptors (Lipinski definition) is 4. The van der Waals surface area contributed by atoms with Gasteiger partial charge in [0.05, 0.1) is 12.2 Å². The zero-order valence-electron chi connectivity index (χ0n) is 14.2. The minimum Gasteiger partial charge on any atom is -0.349 e. The fraction of sp³-hybridized carbons (Fsp3) is 0.389. The molecule has 1 fully saturated rings. The fourth-order valence-corrected chi connectivity index (χ4v) is 3.76. The van der Waals surface area contributed by atoms with E-state index in [4.69, 9.17) is 0 Å². The monoisotopic (exact) mass is 358 g/mol. The van der Waals surface area contributed by atoms with E-state index in [1.54, 1.807) is 16.2 Å². The summed E-state index contributed by atoms with van der Waals surface area (Å²) in [5.41, 5.74) is 1.91. The van der Waals surface area contributed by atoms with Crippen LogP contribution in [-0.4, -0.2) is 41.0 Å². The summed E-state index contributed by atoms with van der Waals surface area (Å²) in [6.07, 6.45) is 1.55. The Bertz CT molecular complexity index is 732. The lowest BCUT2D eigenvalue weighted by Gasteiger charge is -2.23. The summed E-state index contributed by atoms with van der Waals surface area (Å²) in [5, 5.41) is 8.58. The number of rotatable bonds is 5. The third kappa shape index (κ3) is 4.17. The summed E-state index contributed by atoms with van der Waals surface area (Å²) >= 11 is 1.56. The average molecular weight is 358 g/mol. The number of hydrogen-bond donors (Lipinski definition) is 2. The highest BCUT2D eigenvalue weighted by Crippen LogP contribution is 2.23. The van der Waals surface area contributed by atoms with Crippen LogP contribution in [0.4, 0.5) is 4.79 Å². The van der Waals surface area contributed by atoms with Crippen molar-refractivity contribution >= 4 is 23.3 Å². The van der Waals surface area contributed by atoms with E-state index < -0.39 is 6.04 Å². The molecule has 1 atom stereocenters. The molecule has 3 amide bonds. The van der Waals surface area contributed by atoms with E-state index in [2.05, 4.69) is 15.6 Å². The van der Waals surface area contributed by atoms with Crippen LogP contribution in [0.15, 0.2) is 35.7 Å². The largest absolute Gasteiger partial charge is 0.349 e. The zero-order chi connectivity index (χ0) is 17.6. The number of aromatic nitrogens is 1. The van der Waals surface area contributed by atoms with Gasteiger partial charge in [-0.2, -0.15) is 0 Å². The van der Waals surface area contributed by atoms with Crippen molar-refractivity contribution in [3.05, 3.63) is 41.4 Å². The van der Waals surface area contributed by atoms with Gasteiger partial charge in [-0.05, 0) is 19.8 Å². The maximum Gasteiger partial charge on any atom is 0.318 e. The molecule has 0 spiro atoms. The second kappa shape index (κ2) is 8.11. The van der Waals surface area contributed by atoms with Crippen molar-refractivity contribution in [1.29, 1.82) is 0 Å². The van der Waals surface area contributed by atoms with E-state index in [-0.39, 0.29) is 11.9 Å². The van der Waals surface area contributed by atoms with Gasteiger partial charge in [0, 0.05) is 24.0 Å². The molecule has 0 saturated carbocycles. The number of urea groups is 1. The van der Waals surface area contributed by atoms with Crippen LogP contribution in [0.2, 0.25) is 0 Å². The third-order valence-corrected chi connectivity index (χ3v) is 5.10. The van der Waals surface area contributed by atoms with Gasteiger partial charge in [-0.1, -0.05) is 30.3 Å². The van der Waals surface area contributed by atoms with Gasteiger partial charge in [0.2, 0.25) is 5.91 Å². The SMILES string of the molecule is CCNC(=O)N1CCCC1C(=O)NCc1csc(-c2ccccc2)n1. The highest BCUT2D eigenvalue weighted by atomic mass is 32.1. The Morgan fingerprint density at radius 2 is 2.08 bits per heavy atom. The van der Waals surface area contributed by atoms with Gasteiger partial charge < -0.3 is 15.5 Å². The van der Waals surface area contributed by atoms with E-state index in [9.17, 15) is 9.59 Å². The number of thiazole rings is 1. The number of carbonyl (C=O) groups excluding carboxylic acids is 2. The van der Waals surface area contributed by atoms with Gasteiger partial charge in [-0.25, -0.2) is 9.78 Å². The average Bonchev–Trinajstić information content (AvgIpc) is 3.30. The first-order valence-electron chi connectivity index (χ1n) is 8.51. The number of likely N-dealkylation sites (tertiary alicyclic amines) is 1. The van der Waals surface area contributed by atoms with Crippen LogP contribution in [0.5, 0.6) is 0 Å². The Kier molecular flexibility index (Phi) is 5.65. The van der Waals surface area contributed by atoms with E-state index in [0.29, 0.717) is 26.1 Å². The Morgan fingerprint density at radius 1 is 1.28 bits per heavy atom. The molecule has 2 aromatic rings. The molecule has 0 bridgehead atoms. The van der Waals surface area contributed by atoms with Gasteiger partial charge in [0.25, 0.3) is 0 Å². The van der Waals surface area contributed by atoms with Crippen LogP contribution in [0.25, 0.3) is 10.6 Å². The van der Waals surface area contributed by atoms with Crippen LogP contribution in [0.1, 0.15) is 25.5 Å². The van der Waals surface area contributed by atoms with Crippen LogP contribution in [-0.2, 0) is 11.3 Å². The van der Waals surface area contributed by atoms with Crippen LogP contribution in [0.3, 0.4) is 0 Å². The molecule has 1 aromatic carbocycles. The quantitative estimate of drug-likeness (QED) is 0.863. The minimum absolute atomic E-state index is 0.113. The molecule has 1 aliphatic heterocycles. The van der Waals surface area contributed by atoms with Crippen LogP contribution >= 0.6 is 11.3 Å². The Balaban J connectivity index is 1.57. The molecule has 1 aliphatic rings. The predicted molar refractivity (Wildman–Crippen MR) is 98.2 cm³/mol. The van der Waals surface area contributed by atoms with Gasteiger partial charge in [-0.15, -0.1) is 11.3 Å². The number of benzene rings is 1. The molecule has 25 heavy (non-hydrogen) atoms. The molecule has 2 N–H and O–H groups in total. The maximum absolute atomic E-state index is 12.5. The molecule has 1 unspecified atom stereocenters. The summed E-state index contributed by atoms with van der Waals surface area (Å²) in [6.45, 7) is 3.43. The molecular weight excluding hydrogens is 336 g/mol. The van der Waals surface area contributed by atoms with Crippen molar-refractivity contribution in [2.24, 2.45) is 0 Å². The van der Waals surface area contributed by atoms with Crippen LogP contribution < -0.4 is 10.6 Å². The summed E-state index contributed by atoms with van der Waals surface area (Å²) in [7, 11) is 0. The van der Waals surface area contributed by atoms with Crippen molar-refractivity contribution in [3.63, 3.8) is 0 Å².